The number of aromatic hydroxyl groups is 1. The molecule has 0 aromatic heterocycles. The van der Waals surface area contributed by atoms with Crippen LogP contribution in [0.4, 0.5) is 11.4 Å². The molecular formula is C31H28N2O12. The molecule has 234 valence electrons. The number of ether oxygens (including phenoxy) is 2. The summed E-state index contributed by atoms with van der Waals surface area (Å²) in [6.45, 7) is 0.785. The number of fused-ring (bicyclic) bond motifs is 2. The van der Waals surface area contributed by atoms with Gasteiger partial charge in [0.2, 0.25) is 0 Å². The third-order valence-corrected chi connectivity index (χ3v) is 7.36. The van der Waals surface area contributed by atoms with Crippen molar-refractivity contribution < 1.29 is 58.7 Å². The van der Waals surface area contributed by atoms with Crippen LogP contribution >= 0.6 is 0 Å². The van der Waals surface area contributed by atoms with Crippen molar-refractivity contribution >= 4 is 53.6 Å². The number of rotatable bonds is 14. The van der Waals surface area contributed by atoms with E-state index in [1.807, 2.05) is 13.8 Å². The molecule has 0 saturated heterocycles. The Bertz CT molecular complexity index is 1690. The molecule has 0 bridgehead atoms. The molecule has 14 heteroatoms. The van der Waals surface area contributed by atoms with Crippen molar-refractivity contribution in [1.29, 1.82) is 0 Å². The number of nitrogens with zero attached hydrogens (tertiary/aromatic N) is 2. The topological polar surface area (TPSA) is 208 Å². The number of aliphatic carboxylic acids is 3. The van der Waals surface area contributed by atoms with Crippen molar-refractivity contribution in [2.75, 3.05) is 36.2 Å². The van der Waals surface area contributed by atoms with Gasteiger partial charge in [-0.3, -0.25) is 28.8 Å². The Morgan fingerprint density at radius 2 is 1.47 bits per heavy atom. The average molecular weight is 621 g/mol. The number of hydrogen-bond donors (Lipinski definition) is 4. The van der Waals surface area contributed by atoms with Crippen LogP contribution < -0.4 is 14.5 Å². The lowest BCUT2D eigenvalue weighted by molar-refractivity contribution is -0.137. The summed E-state index contributed by atoms with van der Waals surface area (Å²) in [7, 11) is 0. The smallest absolute Gasteiger partial charge is 0.323 e. The average Bonchev–Trinajstić information content (AvgIpc) is 2.95. The lowest BCUT2D eigenvalue weighted by Crippen LogP contribution is -2.38. The van der Waals surface area contributed by atoms with Gasteiger partial charge in [0.15, 0.2) is 12.5 Å². The van der Waals surface area contributed by atoms with Gasteiger partial charge in [0.05, 0.1) is 11.4 Å². The van der Waals surface area contributed by atoms with Gasteiger partial charge in [-0.15, -0.1) is 0 Å². The molecule has 2 aliphatic rings. The zero-order valence-electron chi connectivity index (χ0n) is 24.1. The zero-order valence-corrected chi connectivity index (χ0v) is 24.1. The van der Waals surface area contributed by atoms with Gasteiger partial charge in [-0.1, -0.05) is 26.0 Å². The van der Waals surface area contributed by atoms with Gasteiger partial charge >= 0.3 is 17.9 Å². The van der Waals surface area contributed by atoms with Crippen LogP contribution in [-0.4, -0.2) is 83.4 Å². The lowest BCUT2D eigenvalue weighted by atomic mass is 9.64. The molecular weight excluding hydrogens is 592 g/mol. The lowest BCUT2D eigenvalue weighted by Gasteiger charge is -2.39. The fourth-order valence-electron chi connectivity index (χ4n) is 5.55. The molecule has 4 N–H and O–H groups in total. The van der Waals surface area contributed by atoms with Gasteiger partial charge in [0.25, 0.3) is 12.9 Å². The van der Waals surface area contributed by atoms with Crippen LogP contribution in [0, 0.1) is 0 Å². The van der Waals surface area contributed by atoms with Gasteiger partial charge in [-0.05, 0) is 52.6 Å². The molecule has 0 fully saturated rings. The highest BCUT2D eigenvalue weighted by Crippen LogP contribution is 2.53. The first kappa shape index (κ1) is 32.0. The summed E-state index contributed by atoms with van der Waals surface area (Å²) in [6.07, 6.45) is 4.34. The minimum absolute atomic E-state index is 0.0584. The fraction of sp³-hybridized carbons (Fsp3) is 0.226. The number of anilines is 2. The van der Waals surface area contributed by atoms with Gasteiger partial charge in [0.1, 0.15) is 31.1 Å². The molecule has 14 nitrogen and oxygen atoms in total. The monoisotopic (exact) mass is 620 g/mol. The van der Waals surface area contributed by atoms with E-state index in [-0.39, 0.29) is 47.2 Å². The molecule has 4 rings (SSSR count). The largest absolute Gasteiger partial charge is 0.508 e. The van der Waals surface area contributed by atoms with Gasteiger partial charge in [-0.2, -0.15) is 0 Å². The minimum atomic E-state index is -1.41. The molecule has 2 aromatic carbocycles. The van der Waals surface area contributed by atoms with E-state index in [4.69, 9.17) is 9.47 Å². The molecule has 2 aliphatic carbocycles. The van der Waals surface area contributed by atoms with Crippen molar-refractivity contribution in [3.63, 3.8) is 0 Å². The second-order valence-corrected chi connectivity index (χ2v) is 10.6. The van der Waals surface area contributed by atoms with Crippen LogP contribution in [0.2, 0.25) is 0 Å². The maximum atomic E-state index is 12.5. The van der Waals surface area contributed by atoms with Crippen molar-refractivity contribution in [2.24, 2.45) is 0 Å². The van der Waals surface area contributed by atoms with E-state index < -0.39 is 49.7 Å². The number of carboxylic acids is 3. The van der Waals surface area contributed by atoms with Crippen LogP contribution in [0.5, 0.6) is 11.5 Å². The summed E-state index contributed by atoms with van der Waals surface area (Å²) < 4.78 is 10.2. The Kier molecular flexibility index (Phi) is 9.07. The van der Waals surface area contributed by atoms with Gasteiger partial charge < -0.3 is 39.7 Å². The van der Waals surface area contributed by atoms with Crippen LogP contribution in [0.1, 0.15) is 30.5 Å². The standard InChI is InChI=1S/C31H28N2O12/c1-31(2)22-7-17(36)3-5-19(22)30(20-6-4-18(37)8-23(20)31)21-9-24(32(11-27(38)39)12-28(40)41)25(10-26(21)45-16-35)33(13-29(42)43)14-44-15-34/h3-10,15-16,36H,11-14H2,1-2H3,(H,38,39)(H,40,41)(H,42,43). The maximum absolute atomic E-state index is 12.5. The molecule has 45 heavy (non-hydrogen) atoms. The quantitative estimate of drug-likeness (QED) is 0.176. The van der Waals surface area contributed by atoms with Crippen molar-refractivity contribution in [1.82, 2.24) is 0 Å². The highest BCUT2D eigenvalue weighted by molar-refractivity contribution is 6.07. The highest BCUT2D eigenvalue weighted by atomic mass is 16.5. The van der Waals surface area contributed by atoms with Crippen LogP contribution in [0.3, 0.4) is 0 Å². The first-order valence-electron chi connectivity index (χ1n) is 13.3. The second kappa shape index (κ2) is 12.8. The predicted molar refractivity (Wildman–Crippen MR) is 157 cm³/mol. The molecule has 0 atom stereocenters. The van der Waals surface area contributed by atoms with Crippen LogP contribution in [-0.2, 0) is 38.9 Å². The number of allylic oxidation sites excluding steroid dienone is 5. The van der Waals surface area contributed by atoms with Crippen molar-refractivity contribution in [2.45, 2.75) is 19.3 Å². The van der Waals surface area contributed by atoms with E-state index in [1.54, 1.807) is 12.1 Å². The maximum Gasteiger partial charge on any atom is 0.323 e. The van der Waals surface area contributed by atoms with E-state index in [0.29, 0.717) is 27.8 Å². The number of phenols is 1. The summed E-state index contributed by atoms with van der Waals surface area (Å²) in [5, 5.41) is 39.3. The van der Waals surface area contributed by atoms with E-state index >= 15 is 0 Å². The Morgan fingerprint density at radius 3 is 2.07 bits per heavy atom. The summed E-state index contributed by atoms with van der Waals surface area (Å²) >= 11 is 0. The number of carboxylic acid groups (broad SMARTS) is 3. The number of hydrogen-bond acceptors (Lipinski definition) is 11. The number of ketones is 1. The van der Waals surface area contributed by atoms with Crippen LogP contribution in [0.15, 0.2) is 59.7 Å². The minimum Gasteiger partial charge on any atom is -0.508 e. The molecule has 0 unspecified atom stereocenters. The summed E-state index contributed by atoms with van der Waals surface area (Å²) in [5.41, 5.74) is 1.74. The molecule has 0 amide bonds. The number of benzene rings is 2. The third kappa shape index (κ3) is 6.54. The highest BCUT2D eigenvalue weighted by Gasteiger charge is 2.39. The Morgan fingerprint density at radius 1 is 0.844 bits per heavy atom. The van der Waals surface area contributed by atoms with E-state index in [0.717, 1.165) is 9.80 Å². The van der Waals surface area contributed by atoms with Crippen molar-refractivity contribution in [3.8, 4) is 11.5 Å². The molecule has 0 radical (unpaired) electrons. The second-order valence-electron chi connectivity index (χ2n) is 10.6. The summed E-state index contributed by atoms with van der Waals surface area (Å²) in [5.74, 6) is -4.70. The normalized spacial score (nSPS) is 14.4. The number of phenolic OH excluding ortho intramolecular Hbond substituents is 1. The van der Waals surface area contributed by atoms with Crippen molar-refractivity contribution in [3.05, 3.63) is 76.4 Å². The Labute approximate surface area is 255 Å². The Balaban J connectivity index is 2.15. The summed E-state index contributed by atoms with van der Waals surface area (Å²) in [4.78, 5) is 72.8. The number of carbonyl (C=O) groups excluding carboxylic acids is 3. The molecule has 0 aliphatic heterocycles. The van der Waals surface area contributed by atoms with E-state index in [1.165, 1.54) is 36.4 Å². The Hall–Kier alpha value is -5.92. The first-order valence-corrected chi connectivity index (χ1v) is 13.3. The first-order chi connectivity index (χ1) is 21.3. The summed E-state index contributed by atoms with van der Waals surface area (Å²) in [6, 6.07) is 7.13. The molecule has 0 saturated carbocycles. The van der Waals surface area contributed by atoms with E-state index in [2.05, 4.69) is 0 Å². The predicted octanol–water partition coefficient (Wildman–Crippen LogP) is 2.08. The van der Waals surface area contributed by atoms with Gasteiger partial charge in [0, 0.05) is 22.6 Å². The zero-order chi connectivity index (χ0) is 33.1. The van der Waals surface area contributed by atoms with Gasteiger partial charge in [-0.25, -0.2) is 0 Å². The third-order valence-electron chi connectivity index (χ3n) is 7.36. The molecule has 0 spiro atoms. The van der Waals surface area contributed by atoms with E-state index in [9.17, 15) is 49.2 Å². The number of carbonyl (C=O) groups is 6. The van der Waals surface area contributed by atoms with Crippen LogP contribution in [0.25, 0.3) is 5.57 Å². The molecule has 0 heterocycles. The SMILES string of the molecule is CC1(C)C2=CC(=O)C=CC2=C(c2cc(N(CC(=O)O)CC(=O)O)c(N(COC=O)CC(=O)O)cc2OC=O)c2ccc(O)cc21. The molecule has 2 aromatic rings. The fourth-order valence-corrected chi connectivity index (χ4v) is 5.55.